The number of carbonyl (C=O) groups excluding carboxylic acids is 1. The average Bonchev–Trinajstić information content (AvgIpc) is 2.26. The highest BCUT2D eigenvalue weighted by molar-refractivity contribution is 5.90. The van der Waals surface area contributed by atoms with Crippen molar-refractivity contribution >= 4 is 24.1 Å². The Kier molecular flexibility index (Phi) is 5.74. The summed E-state index contributed by atoms with van der Waals surface area (Å²) in [5.41, 5.74) is 7.89. The van der Waals surface area contributed by atoms with E-state index in [1.54, 1.807) is 12.1 Å². The van der Waals surface area contributed by atoms with Crippen molar-refractivity contribution in [3.63, 3.8) is 0 Å². The van der Waals surface area contributed by atoms with Crippen molar-refractivity contribution in [2.75, 3.05) is 19.5 Å². The molecule has 3 N–H and O–H groups in total. The molecule has 0 unspecified atom stereocenters. The number of benzene rings is 1. The van der Waals surface area contributed by atoms with Gasteiger partial charge in [0.2, 0.25) is 0 Å². The summed E-state index contributed by atoms with van der Waals surface area (Å²) >= 11 is 0. The summed E-state index contributed by atoms with van der Waals surface area (Å²) in [6.07, 6.45) is 0. The van der Waals surface area contributed by atoms with Gasteiger partial charge in [-0.2, -0.15) is 0 Å². The fraction of sp³-hybridized carbons (Fsp3) is 0.300. The molecule has 15 heavy (non-hydrogen) atoms. The Bertz CT molecular complexity index is 342. The lowest BCUT2D eigenvalue weighted by Gasteiger charge is -2.08. The Hall–Kier alpha value is -1.26. The van der Waals surface area contributed by atoms with Crippen LogP contribution in [0.3, 0.4) is 0 Å². The van der Waals surface area contributed by atoms with Crippen LogP contribution < -0.4 is 11.1 Å². The van der Waals surface area contributed by atoms with E-state index in [1.165, 1.54) is 7.11 Å². The van der Waals surface area contributed by atoms with Crippen LogP contribution in [0, 0.1) is 0 Å². The first-order valence-electron chi connectivity index (χ1n) is 4.32. The molecule has 0 amide bonds. The number of nitrogens with one attached hydrogen (secondary N) is 1. The number of rotatable bonds is 3. The Morgan fingerprint density at radius 2 is 2.20 bits per heavy atom. The van der Waals surface area contributed by atoms with E-state index in [9.17, 15) is 4.79 Å². The molecule has 1 aromatic rings. The van der Waals surface area contributed by atoms with Crippen LogP contribution in [-0.4, -0.2) is 20.1 Å². The minimum absolute atomic E-state index is 0. The van der Waals surface area contributed by atoms with Crippen molar-refractivity contribution in [2.24, 2.45) is 5.73 Å². The van der Waals surface area contributed by atoms with Crippen LogP contribution in [0.15, 0.2) is 18.2 Å². The number of hydrogen-bond acceptors (Lipinski definition) is 4. The van der Waals surface area contributed by atoms with Crippen molar-refractivity contribution in [3.05, 3.63) is 29.3 Å². The zero-order valence-corrected chi connectivity index (χ0v) is 9.56. The molecule has 0 aliphatic heterocycles. The molecule has 0 aliphatic rings. The second kappa shape index (κ2) is 6.27. The number of ether oxygens (including phenoxy) is 1. The number of anilines is 1. The molecule has 0 heterocycles. The Balaban J connectivity index is 0.00000196. The van der Waals surface area contributed by atoms with Crippen LogP contribution in [-0.2, 0) is 11.3 Å². The van der Waals surface area contributed by atoms with Crippen molar-refractivity contribution < 1.29 is 9.53 Å². The summed E-state index contributed by atoms with van der Waals surface area (Å²) in [6, 6.07) is 5.25. The summed E-state index contributed by atoms with van der Waals surface area (Å²) < 4.78 is 4.61. The molecule has 0 aromatic heterocycles. The van der Waals surface area contributed by atoms with Gasteiger partial charge in [0, 0.05) is 19.3 Å². The van der Waals surface area contributed by atoms with E-state index >= 15 is 0 Å². The summed E-state index contributed by atoms with van der Waals surface area (Å²) in [5.74, 6) is -0.345. The molecule has 1 rings (SSSR count). The molecule has 84 valence electrons. The lowest BCUT2D eigenvalue weighted by molar-refractivity contribution is 0.0600. The van der Waals surface area contributed by atoms with Gasteiger partial charge >= 0.3 is 5.97 Å². The van der Waals surface area contributed by atoms with Gasteiger partial charge in [-0.1, -0.05) is 0 Å². The lowest BCUT2D eigenvalue weighted by Crippen LogP contribution is -2.06. The molecule has 0 bridgehead atoms. The molecule has 5 heteroatoms. The molecule has 0 saturated carbocycles. The van der Waals surface area contributed by atoms with Gasteiger partial charge in [0.1, 0.15) is 0 Å². The van der Waals surface area contributed by atoms with Crippen LogP contribution in [0.25, 0.3) is 0 Å². The Labute approximate surface area is 95.2 Å². The van der Waals surface area contributed by atoms with E-state index in [-0.39, 0.29) is 18.4 Å². The molecular weight excluding hydrogens is 216 g/mol. The third kappa shape index (κ3) is 3.11. The lowest BCUT2D eigenvalue weighted by atomic mass is 10.1. The van der Waals surface area contributed by atoms with Crippen LogP contribution in [0.1, 0.15) is 15.9 Å². The summed E-state index contributed by atoms with van der Waals surface area (Å²) in [5, 5.41) is 3.00. The predicted octanol–water partition coefficient (Wildman–Crippen LogP) is 1.40. The number of esters is 1. The normalized spacial score (nSPS) is 9.00. The molecule has 1 aromatic carbocycles. The quantitative estimate of drug-likeness (QED) is 0.771. The van der Waals surface area contributed by atoms with Crippen molar-refractivity contribution in [2.45, 2.75) is 6.54 Å². The highest BCUT2D eigenvalue weighted by Crippen LogP contribution is 2.16. The van der Waals surface area contributed by atoms with E-state index in [2.05, 4.69) is 10.1 Å². The van der Waals surface area contributed by atoms with Gasteiger partial charge in [-0.25, -0.2) is 4.79 Å². The SMILES string of the molecule is CNc1ccc(C(=O)OC)cc1CN.Cl. The molecular formula is C10H15ClN2O2. The maximum atomic E-state index is 11.2. The average molecular weight is 231 g/mol. The van der Waals surface area contributed by atoms with Crippen LogP contribution >= 0.6 is 12.4 Å². The van der Waals surface area contributed by atoms with Gasteiger partial charge in [-0.05, 0) is 23.8 Å². The standard InChI is InChI=1S/C10H14N2O2.ClH/c1-12-9-4-3-7(10(13)14-2)5-8(9)6-11;/h3-5,12H,6,11H2,1-2H3;1H. The van der Waals surface area contributed by atoms with Gasteiger partial charge in [0.05, 0.1) is 12.7 Å². The van der Waals surface area contributed by atoms with Crippen LogP contribution in [0.5, 0.6) is 0 Å². The molecule has 0 fully saturated rings. The molecule has 4 nitrogen and oxygen atoms in total. The van der Waals surface area contributed by atoms with Gasteiger partial charge in [0.15, 0.2) is 0 Å². The summed E-state index contributed by atoms with van der Waals surface area (Å²) in [7, 11) is 3.17. The van der Waals surface area contributed by atoms with Crippen molar-refractivity contribution in [1.82, 2.24) is 0 Å². The highest BCUT2D eigenvalue weighted by atomic mass is 35.5. The maximum absolute atomic E-state index is 11.2. The number of halogens is 1. The first-order valence-corrected chi connectivity index (χ1v) is 4.32. The highest BCUT2D eigenvalue weighted by Gasteiger charge is 2.07. The van der Waals surface area contributed by atoms with E-state index in [4.69, 9.17) is 5.73 Å². The van der Waals surface area contributed by atoms with E-state index in [0.29, 0.717) is 12.1 Å². The number of nitrogens with two attached hydrogens (primary N) is 1. The Morgan fingerprint density at radius 1 is 1.53 bits per heavy atom. The van der Waals surface area contributed by atoms with E-state index in [1.807, 2.05) is 13.1 Å². The predicted molar refractivity (Wildman–Crippen MR) is 62.5 cm³/mol. The summed E-state index contributed by atoms with van der Waals surface area (Å²) in [4.78, 5) is 11.2. The second-order valence-corrected chi connectivity index (χ2v) is 2.82. The van der Waals surface area contributed by atoms with Crippen LogP contribution in [0.4, 0.5) is 5.69 Å². The first kappa shape index (κ1) is 13.7. The smallest absolute Gasteiger partial charge is 0.337 e. The molecule has 0 atom stereocenters. The fourth-order valence-corrected chi connectivity index (χ4v) is 1.25. The van der Waals surface area contributed by atoms with Crippen molar-refractivity contribution in [3.8, 4) is 0 Å². The zero-order valence-electron chi connectivity index (χ0n) is 8.74. The third-order valence-electron chi connectivity index (χ3n) is 2.02. The number of carbonyl (C=O) groups is 1. The van der Waals surface area contributed by atoms with E-state index < -0.39 is 0 Å². The topological polar surface area (TPSA) is 64.3 Å². The van der Waals surface area contributed by atoms with Crippen molar-refractivity contribution in [1.29, 1.82) is 0 Å². The third-order valence-corrected chi connectivity index (χ3v) is 2.02. The van der Waals surface area contributed by atoms with Gasteiger partial charge in [0.25, 0.3) is 0 Å². The fourth-order valence-electron chi connectivity index (χ4n) is 1.25. The van der Waals surface area contributed by atoms with Crippen LogP contribution in [0.2, 0.25) is 0 Å². The second-order valence-electron chi connectivity index (χ2n) is 2.82. The zero-order chi connectivity index (χ0) is 10.6. The van der Waals surface area contributed by atoms with Gasteiger partial charge < -0.3 is 15.8 Å². The largest absolute Gasteiger partial charge is 0.465 e. The molecule has 0 spiro atoms. The number of methoxy groups -OCH3 is 1. The van der Waals surface area contributed by atoms with Gasteiger partial charge in [-0.3, -0.25) is 0 Å². The van der Waals surface area contributed by atoms with E-state index in [0.717, 1.165) is 11.3 Å². The maximum Gasteiger partial charge on any atom is 0.337 e. The summed E-state index contributed by atoms with van der Waals surface area (Å²) in [6.45, 7) is 0.390. The number of hydrogen-bond donors (Lipinski definition) is 2. The molecule has 0 saturated heterocycles. The molecule has 0 aliphatic carbocycles. The Morgan fingerprint density at radius 3 is 2.67 bits per heavy atom. The monoisotopic (exact) mass is 230 g/mol. The van der Waals surface area contributed by atoms with Gasteiger partial charge in [-0.15, -0.1) is 12.4 Å². The molecule has 0 radical (unpaired) electrons. The minimum atomic E-state index is -0.345. The first-order chi connectivity index (χ1) is 6.72. The minimum Gasteiger partial charge on any atom is -0.465 e.